The van der Waals surface area contributed by atoms with Gasteiger partial charge in [0.25, 0.3) is 5.91 Å². The van der Waals surface area contributed by atoms with Crippen LogP contribution >= 0.6 is 0 Å². The summed E-state index contributed by atoms with van der Waals surface area (Å²) in [6, 6.07) is 7.17. The number of aliphatic hydroxyl groups excluding tert-OH is 1. The highest BCUT2D eigenvalue weighted by molar-refractivity contribution is 5.76. The molecule has 0 aliphatic carbocycles. The maximum Gasteiger partial charge on any atom is 0.271 e. The summed E-state index contributed by atoms with van der Waals surface area (Å²) >= 11 is 0. The van der Waals surface area contributed by atoms with Gasteiger partial charge in [-0.25, -0.2) is 5.84 Å². The predicted octanol–water partition coefficient (Wildman–Crippen LogP) is -0.410. The highest BCUT2D eigenvalue weighted by Crippen LogP contribution is 2.12. The number of rotatable bonds is 5. The van der Waals surface area contributed by atoms with E-state index in [1.807, 2.05) is 17.6 Å². The zero-order valence-electron chi connectivity index (χ0n) is 8.27. The Bertz CT molecular complexity index is 311. The second-order valence-corrected chi connectivity index (χ2v) is 2.97. The van der Waals surface area contributed by atoms with Crippen LogP contribution in [0.5, 0.6) is 5.75 Å². The van der Waals surface area contributed by atoms with Crippen LogP contribution in [0.15, 0.2) is 24.3 Å². The van der Waals surface area contributed by atoms with Crippen LogP contribution in [0.2, 0.25) is 0 Å². The molecule has 0 heterocycles. The lowest BCUT2D eigenvalue weighted by atomic mass is 10.1. The fourth-order valence-corrected chi connectivity index (χ4v) is 1.07. The maximum atomic E-state index is 10.8. The summed E-state index contributed by atoms with van der Waals surface area (Å²) in [5.41, 5.74) is 2.99. The fourth-order valence-electron chi connectivity index (χ4n) is 1.07. The number of carbonyl (C=O) groups excluding carboxylic acids is 1. The Kier molecular flexibility index (Phi) is 4.59. The highest BCUT2D eigenvalue weighted by atomic mass is 16.5. The molecule has 0 radical (unpaired) electrons. The molecule has 0 unspecified atom stereocenters. The van der Waals surface area contributed by atoms with E-state index in [0.717, 1.165) is 5.56 Å². The molecule has 15 heavy (non-hydrogen) atoms. The summed E-state index contributed by atoms with van der Waals surface area (Å²) in [6.07, 6.45) is 0.615. The minimum atomic E-state index is -0.380. The molecule has 0 fully saturated rings. The Morgan fingerprint density at radius 1 is 1.40 bits per heavy atom. The smallest absolute Gasteiger partial charge is 0.271 e. The molecule has 0 atom stereocenters. The third-order valence-electron chi connectivity index (χ3n) is 1.85. The van der Waals surface area contributed by atoms with Gasteiger partial charge < -0.3 is 9.84 Å². The number of carbonyl (C=O) groups is 1. The predicted molar refractivity (Wildman–Crippen MR) is 55.1 cm³/mol. The highest BCUT2D eigenvalue weighted by Gasteiger charge is 1.99. The molecule has 0 spiro atoms. The zero-order chi connectivity index (χ0) is 11.1. The quantitative estimate of drug-likeness (QED) is 0.350. The summed E-state index contributed by atoms with van der Waals surface area (Å²) in [7, 11) is 0. The standard InChI is InChI=1S/C10H14N2O3/c11-12-10(14)7-15-9-3-1-8(2-4-9)5-6-13/h1-4,13H,5-7,11H2,(H,12,14). The second-order valence-electron chi connectivity index (χ2n) is 2.97. The van der Waals surface area contributed by atoms with E-state index >= 15 is 0 Å². The van der Waals surface area contributed by atoms with Crippen molar-refractivity contribution in [1.29, 1.82) is 0 Å². The van der Waals surface area contributed by atoms with Crippen molar-refractivity contribution in [3.63, 3.8) is 0 Å². The number of hydrazine groups is 1. The van der Waals surface area contributed by atoms with Crippen LogP contribution in [0, 0.1) is 0 Å². The lowest BCUT2D eigenvalue weighted by Crippen LogP contribution is -2.34. The van der Waals surface area contributed by atoms with Gasteiger partial charge in [0, 0.05) is 6.61 Å². The van der Waals surface area contributed by atoms with E-state index < -0.39 is 0 Å². The molecule has 1 aromatic carbocycles. The van der Waals surface area contributed by atoms with Crippen molar-refractivity contribution in [2.24, 2.45) is 5.84 Å². The molecule has 0 aromatic heterocycles. The van der Waals surface area contributed by atoms with Crippen molar-refractivity contribution in [2.75, 3.05) is 13.2 Å². The first-order valence-electron chi connectivity index (χ1n) is 4.58. The molecule has 1 aromatic rings. The van der Waals surface area contributed by atoms with Gasteiger partial charge in [-0.05, 0) is 24.1 Å². The molecule has 1 amide bonds. The fraction of sp³-hybridized carbons (Fsp3) is 0.300. The van der Waals surface area contributed by atoms with Gasteiger partial charge in [-0.3, -0.25) is 10.2 Å². The molecule has 5 heteroatoms. The van der Waals surface area contributed by atoms with E-state index in [0.29, 0.717) is 12.2 Å². The molecule has 0 aliphatic heterocycles. The number of aliphatic hydroxyl groups is 1. The van der Waals surface area contributed by atoms with Crippen LogP contribution < -0.4 is 16.0 Å². The van der Waals surface area contributed by atoms with Gasteiger partial charge in [0.1, 0.15) is 5.75 Å². The van der Waals surface area contributed by atoms with Crippen LogP contribution in [0.1, 0.15) is 5.56 Å². The third kappa shape index (κ3) is 3.97. The minimum Gasteiger partial charge on any atom is -0.484 e. The summed E-state index contributed by atoms with van der Waals surface area (Å²) < 4.78 is 5.14. The number of nitrogens with two attached hydrogens (primary N) is 1. The minimum absolute atomic E-state index is 0.101. The van der Waals surface area contributed by atoms with E-state index in [2.05, 4.69) is 0 Å². The summed E-state index contributed by atoms with van der Waals surface area (Å²) in [6.45, 7) is 0.0195. The van der Waals surface area contributed by atoms with Gasteiger partial charge in [0.15, 0.2) is 6.61 Å². The Balaban J connectivity index is 2.45. The van der Waals surface area contributed by atoms with Crippen LogP contribution in [-0.2, 0) is 11.2 Å². The number of hydrogen-bond donors (Lipinski definition) is 3. The van der Waals surface area contributed by atoms with Gasteiger partial charge >= 0.3 is 0 Å². The number of amides is 1. The van der Waals surface area contributed by atoms with Crippen LogP contribution in [0.25, 0.3) is 0 Å². The van der Waals surface area contributed by atoms with Crippen molar-refractivity contribution in [1.82, 2.24) is 5.43 Å². The summed E-state index contributed by atoms with van der Waals surface area (Å²) in [4.78, 5) is 10.8. The first kappa shape index (κ1) is 11.5. The van der Waals surface area contributed by atoms with Crippen molar-refractivity contribution >= 4 is 5.91 Å². The first-order chi connectivity index (χ1) is 7.26. The van der Waals surface area contributed by atoms with Crippen LogP contribution in [0.4, 0.5) is 0 Å². The van der Waals surface area contributed by atoms with Gasteiger partial charge in [-0.15, -0.1) is 0 Å². The van der Waals surface area contributed by atoms with E-state index in [-0.39, 0.29) is 19.1 Å². The van der Waals surface area contributed by atoms with Crippen LogP contribution in [0.3, 0.4) is 0 Å². The molecule has 0 saturated carbocycles. The monoisotopic (exact) mass is 210 g/mol. The zero-order valence-corrected chi connectivity index (χ0v) is 8.27. The maximum absolute atomic E-state index is 10.8. The van der Waals surface area contributed by atoms with Crippen LogP contribution in [-0.4, -0.2) is 24.2 Å². The molecule has 5 nitrogen and oxygen atoms in total. The van der Waals surface area contributed by atoms with Crippen molar-refractivity contribution in [3.05, 3.63) is 29.8 Å². The van der Waals surface area contributed by atoms with E-state index in [4.69, 9.17) is 15.7 Å². The number of ether oxygens (including phenoxy) is 1. The topological polar surface area (TPSA) is 84.6 Å². The second kappa shape index (κ2) is 6.00. The first-order valence-corrected chi connectivity index (χ1v) is 4.58. The summed E-state index contributed by atoms with van der Waals surface area (Å²) in [5, 5.41) is 8.70. The van der Waals surface area contributed by atoms with E-state index in [1.165, 1.54) is 0 Å². The summed E-state index contributed by atoms with van der Waals surface area (Å²) in [5.74, 6) is 5.11. The molecule has 0 aliphatic rings. The van der Waals surface area contributed by atoms with E-state index in [9.17, 15) is 4.79 Å². The van der Waals surface area contributed by atoms with Crippen molar-refractivity contribution in [2.45, 2.75) is 6.42 Å². The van der Waals surface area contributed by atoms with Crippen molar-refractivity contribution < 1.29 is 14.6 Å². The lowest BCUT2D eigenvalue weighted by molar-refractivity contribution is -0.123. The third-order valence-corrected chi connectivity index (χ3v) is 1.85. The molecule has 0 saturated heterocycles. The molecular weight excluding hydrogens is 196 g/mol. The van der Waals surface area contributed by atoms with E-state index in [1.54, 1.807) is 12.1 Å². The number of benzene rings is 1. The van der Waals surface area contributed by atoms with Gasteiger partial charge in [0.2, 0.25) is 0 Å². The Morgan fingerprint density at radius 3 is 2.60 bits per heavy atom. The Hall–Kier alpha value is -1.59. The Morgan fingerprint density at radius 2 is 2.07 bits per heavy atom. The normalized spacial score (nSPS) is 9.73. The molecule has 82 valence electrons. The number of hydrogen-bond acceptors (Lipinski definition) is 4. The largest absolute Gasteiger partial charge is 0.484 e. The molecular formula is C10H14N2O3. The van der Waals surface area contributed by atoms with Gasteiger partial charge in [-0.1, -0.05) is 12.1 Å². The molecule has 0 bridgehead atoms. The number of nitrogens with one attached hydrogen (secondary N) is 1. The molecule has 1 rings (SSSR count). The van der Waals surface area contributed by atoms with Crippen molar-refractivity contribution in [3.8, 4) is 5.75 Å². The average molecular weight is 210 g/mol. The average Bonchev–Trinajstić information content (AvgIpc) is 2.28. The Labute approximate surface area is 87.8 Å². The van der Waals surface area contributed by atoms with Gasteiger partial charge in [-0.2, -0.15) is 0 Å². The van der Waals surface area contributed by atoms with Gasteiger partial charge in [0.05, 0.1) is 0 Å². The molecule has 4 N–H and O–H groups in total. The lowest BCUT2D eigenvalue weighted by Gasteiger charge is -2.05. The SMILES string of the molecule is NNC(=O)COc1ccc(CCO)cc1.